The molecule has 4 rings (SSSR count). The van der Waals surface area contributed by atoms with E-state index in [-0.39, 0.29) is 21.7 Å². The van der Waals surface area contributed by atoms with Crippen molar-refractivity contribution in [3.8, 4) is 0 Å². The third-order valence-corrected chi connectivity index (χ3v) is 18.8. The van der Waals surface area contributed by atoms with Gasteiger partial charge in [-0.3, -0.25) is 0 Å². The molecule has 0 aromatic heterocycles. The lowest BCUT2D eigenvalue weighted by Crippen LogP contribution is -2.60. The Hall–Kier alpha value is -2.73. The molecule has 0 atom stereocenters. The number of rotatable bonds is 26. The second kappa shape index (κ2) is 22.9. The maximum Gasteiger partial charge on any atom is 0.273 e. The smallest absolute Gasteiger partial charge is 0.273 e. The van der Waals surface area contributed by atoms with Crippen molar-refractivity contribution in [2.75, 3.05) is 0 Å². The summed E-state index contributed by atoms with van der Waals surface area (Å²) in [7, 11) is -3.59. The highest BCUT2D eigenvalue weighted by Gasteiger charge is 2.40. The summed E-state index contributed by atoms with van der Waals surface area (Å²) in [5.41, 5.74) is 6.03. The van der Waals surface area contributed by atoms with E-state index in [1.807, 2.05) is 0 Å². The zero-order valence-electron chi connectivity index (χ0n) is 40.0. The third-order valence-electron chi connectivity index (χ3n) is 13.4. The Balaban J connectivity index is 2.09. The van der Waals surface area contributed by atoms with E-state index in [1.165, 1.54) is 146 Å². The van der Waals surface area contributed by atoms with Crippen LogP contribution in [0.3, 0.4) is 0 Å². The van der Waals surface area contributed by atoms with E-state index in [0.717, 1.165) is 0 Å². The van der Waals surface area contributed by atoms with E-state index in [1.54, 1.807) is 0 Å². The van der Waals surface area contributed by atoms with Crippen molar-refractivity contribution < 1.29 is 4.12 Å². The lowest BCUT2D eigenvalue weighted by atomic mass is 9.80. The first kappa shape index (κ1) is 48.9. The Morgan fingerprint density at radius 1 is 0.322 bits per heavy atom. The normalized spacial score (nSPS) is 12.8. The number of benzene rings is 4. The van der Waals surface area contributed by atoms with Crippen molar-refractivity contribution >= 4 is 38.8 Å². The van der Waals surface area contributed by atoms with Crippen molar-refractivity contribution in [1.82, 2.24) is 0 Å². The monoisotopic (exact) mass is 829 g/mol. The van der Waals surface area contributed by atoms with Gasteiger partial charge in [0.05, 0.1) is 0 Å². The molecular formula is C56H84OSi2. The molecule has 0 heterocycles. The Morgan fingerprint density at radius 3 is 0.729 bits per heavy atom. The molecule has 59 heavy (non-hydrogen) atoms. The van der Waals surface area contributed by atoms with Gasteiger partial charge in [-0.15, -0.1) is 0 Å². The summed E-state index contributed by atoms with van der Waals surface area (Å²) in [5.74, 6) is 0. The first-order valence-electron chi connectivity index (χ1n) is 24.0. The number of unbranched alkanes of at least 4 members (excludes halogenated alkanes) is 8. The van der Waals surface area contributed by atoms with Crippen LogP contribution < -0.4 is 20.7 Å². The van der Waals surface area contributed by atoms with Crippen molar-refractivity contribution in [3.63, 3.8) is 0 Å². The Bertz CT molecular complexity index is 1570. The molecule has 0 unspecified atom stereocenters. The zero-order valence-corrected chi connectivity index (χ0v) is 42.0. The lowest BCUT2D eigenvalue weighted by molar-refractivity contribution is 0.449. The average molecular weight is 829 g/mol. The molecule has 0 saturated heterocycles. The van der Waals surface area contributed by atoms with E-state index >= 15 is 0 Å². The fourth-order valence-electron chi connectivity index (χ4n) is 9.50. The summed E-state index contributed by atoms with van der Waals surface area (Å²) < 4.78 is 8.44. The topological polar surface area (TPSA) is 9.23 Å². The molecule has 0 amide bonds. The van der Waals surface area contributed by atoms with Crippen LogP contribution in [0.15, 0.2) is 97.1 Å². The van der Waals surface area contributed by atoms with Gasteiger partial charge in [0, 0.05) is 0 Å². The second-order valence-electron chi connectivity index (χ2n) is 20.3. The van der Waals surface area contributed by atoms with Crippen LogP contribution in [-0.4, -0.2) is 18.1 Å². The van der Waals surface area contributed by atoms with E-state index in [9.17, 15) is 0 Å². The molecule has 0 fully saturated rings. The van der Waals surface area contributed by atoms with Gasteiger partial charge in [-0.1, -0.05) is 257 Å². The van der Waals surface area contributed by atoms with Crippen LogP contribution in [-0.2, 0) is 25.8 Å². The van der Waals surface area contributed by atoms with Crippen LogP contribution in [0.25, 0.3) is 0 Å². The predicted octanol–water partition coefficient (Wildman–Crippen LogP) is 14.0. The molecule has 0 aliphatic carbocycles. The third kappa shape index (κ3) is 13.1. The second-order valence-corrected chi connectivity index (χ2v) is 24.6. The van der Waals surface area contributed by atoms with E-state index in [4.69, 9.17) is 4.12 Å². The number of hydrogen-bond acceptors (Lipinski definition) is 1. The molecule has 0 aliphatic rings. The molecule has 4 aromatic rings. The molecule has 2 radical (unpaired) electrons. The molecule has 0 saturated carbocycles. The van der Waals surface area contributed by atoms with Crippen molar-refractivity contribution in [3.05, 3.63) is 119 Å². The average Bonchev–Trinajstić information content (AvgIpc) is 3.21. The molecule has 0 bridgehead atoms. The first-order valence-corrected chi connectivity index (χ1v) is 26.8. The van der Waals surface area contributed by atoms with Crippen molar-refractivity contribution in [1.29, 1.82) is 0 Å². The van der Waals surface area contributed by atoms with Gasteiger partial charge >= 0.3 is 0 Å². The minimum Gasteiger partial charge on any atom is -0.442 e. The maximum absolute atomic E-state index is 8.44. The quantitative estimate of drug-likeness (QED) is 0.0453. The lowest BCUT2D eigenvalue weighted by Gasteiger charge is -2.37. The van der Waals surface area contributed by atoms with E-state index in [0.29, 0.717) is 0 Å². The van der Waals surface area contributed by atoms with Gasteiger partial charge in [0.15, 0.2) is 0 Å². The molecule has 0 aliphatic heterocycles. The van der Waals surface area contributed by atoms with Crippen LogP contribution in [0.4, 0.5) is 0 Å². The maximum atomic E-state index is 8.44. The molecular weight excluding hydrogens is 745 g/mol. The summed E-state index contributed by atoms with van der Waals surface area (Å²) in [4.78, 5) is 0. The molecule has 0 N–H and O–H groups in total. The van der Waals surface area contributed by atoms with Gasteiger partial charge in [-0.2, -0.15) is 0 Å². The van der Waals surface area contributed by atoms with Crippen LogP contribution in [0.1, 0.15) is 208 Å². The largest absolute Gasteiger partial charge is 0.442 e. The molecule has 1 nitrogen and oxygen atoms in total. The van der Waals surface area contributed by atoms with Gasteiger partial charge in [0.1, 0.15) is 0 Å². The van der Waals surface area contributed by atoms with Crippen LogP contribution >= 0.6 is 0 Å². The summed E-state index contributed by atoms with van der Waals surface area (Å²) >= 11 is 0. The van der Waals surface area contributed by atoms with E-state index < -0.39 is 18.1 Å². The minimum absolute atomic E-state index is 0.0296. The molecule has 322 valence electrons. The summed E-state index contributed by atoms with van der Waals surface area (Å²) in [5, 5.41) is 5.77. The Labute approximate surface area is 368 Å². The minimum atomic E-state index is -1.80. The van der Waals surface area contributed by atoms with Gasteiger partial charge in [0.25, 0.3) is 18.1 Å². The van der Waals surface area contributed by atoms with Gasteiger partial charge < -0.3 is 4.12 Å². The summed E-state index contributed by atoms with van der Waals surface area (Å²) in [6.07, 6.45) is 19.8. The van der Waals surface area contributed by atoms with E-state index in [2.05, 4.69) is 180 Å². The molecule has 4 aromatic carbocycles. The van der Waals surface area contributed by atoms with Crippen LogP contribution in [0.2, 0.25) is 0 Å². The fraction of sp³-hybridized carbons (Fsp3) is 0.571. The highest BCUT2D eigenvalue weighted by Crippen LogP contribution is 2.34. The highest BCUT2D eigenvalue weighted by atomic mass is 28.4. The Morgan fingerprint density at radius 2 is 0.525 bits per heavy atom. The zero-order chi connectivity index (χ0) is 43.1. The standard InChI is InChI=1S/C56H84OSi2/c1-13-17-29-41-53(5,6)45-33-21-25-37-49(45)58(50-38-26-22-34-46(50)54(7,8)42-30-18-14-2)57-59(51-39-27-23-35-47(51)55(9,10)43-31-19-15-3)52-40-28-24-36-48(52)56(11,12)44-32-20-16-4/h21-28,33-40H,13-20,29-32,41-44H2,1-12H3. The highest BCUT2D eigenvalue weighted by molar-refractivity contribution is 6.92. The molecule has 3 heteroatoms. The Kier molecular flexibility index (Phi) is 19.0. The molecule has 0 spiro atoms. The van der Waals surface area contributed by atoms with Crippen molar-refractivity contribution in [2.45, 2.75) is 207 Å². The first-order chi connectivity index (χ1) is 28.1. The van der Waals surface area contributed by atoms with Gasteiger partial charge in [-0.05, 0) is 90.3 Å². The van der Waals surface area contributed by atoms with Crippen molar-refractivity contribution in [2.24, 2.45) is 0 Å². The SMILES string of the molecule is CCCCCC(C)(C)c1ccccc1[Si](O[Si](c1ccccc1C(C)(C)CCCCC)c1ccccc1C(C)(C)CCCCC)c1ccccc1C(C)(C)CCCCC. The van der Waals surface area contributed by atoms with Gasteiger partial charge in [-0.25, -0.2) is 0 Å². The summed E-state index contributed by atoms with van der Waals surface area (Å²) in [6.45, 7) is 29.3. The fourth-order valence-corrected chi connectivity index (χ4v) is 16.3. The number of hydrogen-bond donors (Lipinski definition) is 0. The summed E-state index contributed by atoms with van der Waals surface area (Å²) in [6, 6.07) is 38.0. The van der Waals surface area contributed by atoms with Crippen LogP contribution in [0, 0.1) is 0 Å². The predicted molar refractivity (Wildman–Crippen MR) is 266 cm³/mol. The van der Waals surface area contributed by atoms with Gasteiger partial charge in [0.2, 0.25) is 0 Å². The van der Waals surface area contributed by atoms with Crippen LogP contribution in [0.5, 0.6) is 0 Å².